The van der Waals surface area contributed by atoms with Gasteiger partial charge in [0.2, 0.25) is 5.78 Å². The van der Waals surface area contributed by atoms with Crippen LogP contribution in [0.2, 0.25) is 0 Å². The van der Waals surface area contributed by atoms with Crippen molar-refractivity contribution in [2.75, 3.05) is 11.9 Å². The van der Waals surface area contributed by atoms with Crippen molar-refractivity contribution in [2.24, 2.45) is 14.1 Å². The Labute approximate surface area is 189 Å². The lowest BCUT2D eigenvalue weighted by molar-refractivity contribution is 0.483. The molecule has 0 aliphatic heterocycles. The first-order valence-corrected chi connectivity index (χ1v) is 10.6. The molecule has 0 amide bonds. The molecule has 1 N–H and O–H groups in total. The number of ether oxygens (including phenoxy) is 1. The minimum Gasteiger partial charge on any atom is -0.457 e. The van der Waals surface area contributed by atoms with E-state index in [1.807, 2.05) is 72.3 Å². The van der Waals surface area contributed by atoms with Gasteiger partial charge in [0.25, 0.3) is 5.56 Å². The van der Waals surface area contributed by atoms with Crippen molar-refractivity contribution < 1.29 is 4.74 Å². The molecule has 5 aromatic rings. The normalized spacial score (nSPS) is 11.4. The van der Waals surface area contributed by atoms with Gasteiger partial charge in [0.15, 0.2) is 11.2 Å². The predicted molar refractivity (Wildman–Crippen MR) is 127 cm³/mol. The zero-order chi connectivity index (χ0) is 23.1. The van der Waals surface area contributed by atoms with Crippen LogP contribution in [-0.4, -0.2) is 29.6 Å². The second-order valence-electron chi connectivity index (χ2n) is 7.95. The molecule has 9 heteroatoms. The van der Waals surface area contributed by atoms with Crippen LogP contribution in [0.4, 0.5) is 5.69 Å². The second kappa shape index (κ2) is 8.01. The minimum absolute atomic E-state index is 0.353. The van der Waals surface area contributed by atoms with Gasteiger partial charge in [-0.05, 0) is 43.3 Å². The van der Waals surface area contributed by atoms with Gasteiger partial charge in [-0.25, -0.2) is 4.79 Å². The Morgan fingerprint density at radius 2 is 1.64 bits per heavy atom. The lowest BCUT2D eigenvalue weighted by Gasteiger charge is -2.10. The van der Waals surface area contributed by atoms with Crippen LogP contribution in [0.3, 0.4) is 0 Å². The number of aryl methyl sites for hydroxylation is 2. The van der Waals surface area contributed by atoms with Crippen molar-refractivity contribution in [3.05, 3.63) is 87.3 Å². The number of anilines is 1. The molecule has 0 atom stereocenters. The average molecular weight is 444 g/mol. The van der Waals surface area contributed by atoms with Crippen molar-refractivity contribution in [3.8, 4) is 11.5 Å². The molecular weight excluding hydrogens is 420 g/mol. The molecule has 0 saturated carbocycles. The quantitative estimate of drug-likeness (QED) is 0.435. The average Bonchev–Trinajstić information content (AvgIpc) is 3.33. The fourth-order valence-electron chi connectivity index (χ4n) is 3.98. The summed E-state index contributed by atoms with van der Waals surface area (Å²) >= 11 is 0. The molecule has 2 aromatic carbocycles. The van der Waals surface area contributed by atoms with Crippen LogP contribution in [0.5, 0.6) is 11.5 Å². The molecular formula is C24H24N6O3. The number of aromatic nitrogens is 5. The fraction of sp³-hybridized carbons (Fsp3) is 0.208. The standard InChI is InChI=1S/C24H24N6O3/c1-16-15-30-20-21(27(2)24(32)28(3)22(20)31)26-23(30)29(16)14-13-25-17-9-11-19(12-10-17)33-18-7-5-4-6-8-18/h4-12,15,25H,13-14H2,1-3H3. The summed E-state index contributed by atoms with van der Waals surface area (Å²) in [6.45, 7) is 3.27. The topological polar surface area (TPSA) is 87.5 Å². The van der Waals surface area contributed by atoms with Crippen molar-refractivity contribution >= 4 is 22.6 Å². The van der Waals surface area contributed by atoms with Crippen LogP contribution in [0.1, 0.15) is 5.69 Å². The third-order valence-corrected chi connectivity index (χ3v) is 5.75. The number of nitrogens with zero attached hydrogens (tertiary/aromatic N) is 5. The van der Waals surface area contributed by atoms with Gasteiger partial charge in [-0.1, -0.05) is 18.2 Å². The van der Waals surface area contributed by atoms with Crippen molar-refractivity contribution in [1.29, 1.82) is 0 Å². The summed E-state index contributed by atoms with van der Waals surface area (Å²) in [7, 11) is 3.11. The van der Waals surface area contributed by atoms with E-state index in [4.69, 9.17) is 4.74 Å². The number of para-hydroxylation sites is 1. The molecule has 3 aromatic heterocycles. The number of nitrogens with one attached hydrogen (secondary N) is 1. The maximum atomic E-state index is 12.7. The van der Waals surface area contributed by atoms with Gasteiger partial charge in [0.1, 0.15) is 11.5 Å². The summed E-state index contributed by atoms with van der Waals surface area (Å²) in [5.41, 5.74) is 1.99. The van der Waals surface area contributed by atoms with Gasteiger partial charge in [0, 0.05) is 44.8 Å². The highest BCUT2D eigenvalue weighted by Crippen LogP contribution is 2.22. The molecule has 0 unspecified atom stereocenters. The zero-order valence-corrected chi connectivity index (χ0v) is 18.6. The van der Waals surface area contributed by atoms with E-state index in [-0.39, 0.29) is 5.56 Å². The van der Waals surface area contributed by atoms with Gasteiger partial charge in [-0.15, -0.1) is 0 Å². The molecule has 0 radical (unpaired) electrons. The van der Waals surface area contributed by atoms with Crippen molar-refractivity contribution in [1.82, 2.24) is 23.1 Å². The minimum atomic E-state index is -0.391. The Morgan fingerprint density at radius 3 is 2.36 bits per heavy atom. The summed E-state index contributed by atoms with van der Waals surface area (Å²) < 4.78 is 12.1. The van der Waals surface area contributed by atoms with E-state index in [0.29, 0.717) is 30.0 Å². The smallest absolute Gasteiger partial charge is 0.332 e. The summed E-state index contributed by atoms with van der Waals surface area (Å²) in [5, 5.41) is 3.41. The van der Waals surface area contributed by atoms with Gasteiger partial charge < -0.3 is 14.6 Å². The molecule has 0 spiro atoms. The van der Waals surface area contributed by atoms with Crippen LogP contribution in [0, 0.1) is 6.92 Å². The van der Waals surface area contributed by atoms with Gasteiger partial charge >= 0.3 is 5.69 Å². The lowest BCUT2D eigenvalue weighted by Crippen LogP contribution is -2.37. The Balaban J connectivity index is 1.34. The van der Waals surface area contributed by atoms with Gasteiger partial charge in [0.05, 0.1) is 0 Å². The maximum absolute atomic E-state index is 12.7. The maximum Gasteiger partial charge on any atom is 0.332 e. The zero-order valence-electron chi connectivity index (χ0n) is 18.6. The first-order valence-electron chi connectivity index (χ1n) is 10.6. The first kappa shape index (κ1) is 20.6. The van der Waals surface area contributed by atoms with E-state index < -0.39 is 5.69 Å². The molecule has 9 nitrogen and oxygen atoms in total. The second-order valence-corrected chi connectivity index (χ2v) is 7.95. The van der Waals surface area contributed by atoms with E-state index in [9.17, 15) is 9.59 Å². The van der Waals surface area contributed by atoms with E-state index in [1.165, 1.54) is 11.6 Å². The van der Waals surface area contributed by atoms with Crippen LogP contribution in [-0.2, 0) is 20.6 Å². The Morgan fingerprint density at radius 1 is 0.939 bits per heavy atom. The van der Waals surface area contributed by atoms with Crippen LogP contribution in [0.25, 0.3) is 16.9 Å². The van der Waals surface area contributed by atoms with Crippen molar-refractivity contribution in [2.45, 2.75) is 13.5 Å². The number of benzene rings is 2. The SMILES string of the molecule is Cc1cn2c3c(=O)n(C)c(=O)n(C)c3nc2n1CCNc1ccc(Oc2ccccc2)cc1. The van der Waals surface area contributed by atoms with Crippen LogP contribution >= 0.6 is 0 Å². The van der Waals surface area contributed by atoms with Crippen molar-refractivity contribution in [3.63, 3.8) is 0 Å². The number of fused-ring (bicyclic) bond motifs is 3. The van der Waals surface area contributed by atoms with Crippen LogP contribution in [0.15, 0.2) is 70.4 Å². The molecule has 0 saturated heterocycles. The first-order chi connectivity index (χ1) is 15.9. The molecule has 0 bridgehead atoms. The molecule has 0 aliphatic rings. The Hall–Kier alpha value is -4.27. The summed E-state index contributed by atoms with van der Waals surface area (Å²) in [5.74, 6) is 2.20. The summed E-state index contributed by atoms with van der Waals surface area (Å²) in [6, 6.07) is 17.4. The highest BCUT2D eigenvalue weighted by Gasteiger charge is 2.18. The number of imidazole rings is 2. The van der Waals surface area contributed by atoms with E-state index in [1.54, 1.807) is 11.4 Å². The monoisotopic (exact) mass is 444 g/mol. The van der Waals surface area contributed by atoms with Crippen LogP contribution < -0.4 is 21.3 Å². The fourth-order valence-corrected chi connectivity index (χ4v) is 3.98. The highest BCUT2D eigenvalue weighted by molar-refractivity contribution is 5.75. The van der Waals surface area contributed by atoms with E-state index in [2.05, 4.69) is 10.3 Å². The highest BCUT2D eigenvalue weighted by atomic mass is 16.5. The number of hydrogen-bond acceptors (Lipinski definition) is 5. The molecule has 0 fully saturated rings. The Kier molecular flexibility index (Phi) is 5.01. The molecule has 3 heterocycles. The number of rotatable bonds is 6. The van der Waals surface area contributed by atoms with E-state index >= 15 is 0 Å². The third-order valence-electron chi connectivity index (χ3n) is 5.75. The van der Waals surface area contributed by atoms with Gasteiger partial charge in [-0.2, -0.15) is 4.98 Å². The molecule has 0 aliphatic carbocycles. The predicted octanol–water partition coefficient (Wildman–Crippen LogP) is 2.90. The largest absolute Gasteiger partial charge is 0.457 e. The summed E-state index contributed by atoms with van der Waals surface area (Å²) in [4.78, 5) is 29.6. The molecule has 168 valence electrons. The molecule has 5 rings (SSSR count). The third kappa shape index (κ3) is 3.57. The van der Waals surface area contributed by atoms with Gasteiger partial charge in [-0.3, -0.25) is 18.3 Å². The van der Waals surface area contributed by atoms with E-state index in [0.717, 1.165) is 27.4 Å². The lowest BCUT2D eigenvalue weighted by atomic mass is 10.3. The number of hydrogen-bond donors (Lipinski definition) is 1. The molecule has 33 heavy (non-hydrogen) atoms. The Bertz CT molecular complexity index is 1570. The summed E-state index contributed by atoms with van der Waals surface area (Å²) in [6.07, 6.45) is 1.88.